The molecule has 5 rings (SSSR count). The smallest absolute Gasteiger partial charge is 0.0406 e. The first-order valence-electron chi connectivity index (χ1n) is 8.98. The van der Waals surface area contributed by atoms with Gasteiger partial charge in [-0.3, -0.25) is 0 Å². The molecule has 4 aliphatic carbocycles. The summed E-state index contributed by atoms with van der Waals surface area (Å²) in [6, 6.07) is 9.39. The first-order valence-corrected chi connectivity index (χ1v) is 9.36. The highest BCUT2D eigenvalue weighted by atomic mass is 35.5. The largest absolute Gasteiger partial charge is 0.314 e. The van der Waals surface area contributed by atoms with Crippen molar-refractivity contribution < 1.29 is 0 Å². The molecule has 0 radical (unpaired) electrons. The van der Waals surface area contributed by atoms with Crippen LogP contribution in [-0.4, -0.2) is 12.6 Å². The lowest BCUT2D eigenvalue weighted by Crippen LogP contribution is -2.57. The molecule has 4 bridgehead atoms. The molecule has 1 N–H and O–H groups in total. The second kappa shape index (κ2) is 5.24. The Morgan fingerprint density at radius 3 is 2.32 bits per heavy atom. The van der Waals surface area contributed by atoms with Gasteiger partial charge in [-0.05, 0) is 78.9 Å². The van der Waals surface area contributed by atoms with E-state index in [-0.39, 0.29) is 0 Å². The molecule has 4 aliphatic rings. The molecular weight excluding hydrogens is 290 g/mol. The summed E-state index contributed by atoms with van der Waals surface area (Å²) in [7, 11) is 0. The highest BCUT2D eigenvalue weighted by Gasteiger charge is 2.57. The van der Waals surface area contributed by atoms with E-state index in [2.05, 4.69) is 43.4 Å². The van der Waals surface area contributed by atoms with E-state index in [1.54, 1.807) is 5.56 Å². The number of nitrogens with one attached hydrogen (secondary N) is 1. The third-order valence-corrected chi connectivity index (χ3v) is 6.78. The van der Waals surface area contributed by atoms with Gasteiger partial charge in [0.2, 0.25) is 0 Å². The lowest BCUT2D eigenvalue weighted by atomic mass is 9.43. The van der Waals surface area contributed by atoms with E-state index < -0.39 is 0 Å². The molecule has 0 aliphatic heterocycles. The lowest BCUT2D eigenvalue weighted by Gasteiger charge is -2.62. The molecule has 22 heavy (non-hydrogen) atoms. The molecule has 2 unspecified atom stereocenters. The average Bonchev–Trinajstić information content (AvgIpc) is 2.44. The molecule has 4 fully saturated rings. The fraction of sp³-hybridized carbons (Fsp3) is 0.700. The average molecular weight is 318 g/mol. The van der Waals surface area contributed by atoms with Crippen molar-refractivity contribution in [3.63, 3.8) is 0 Å². The van der Waals surface area contributed by atoms with Crippen molar-refractivity contribution in [2.24, 2.45) is 17.3 Å². The van der Waals surface area contributed by atoms with Crippen molar-refractivity contribution in [1.29, 1.82) is 0 Å². The van der Waals surface area contributed by atoms with Crippen LogP contribution < -0.4 is 5.32 Å². The van der Waals surface area contributed by atoms with Gasteiger partial charge in [0.15, 0.2) is 0 Å². The molecule has 120 valence electrons. The molecule has 0 amide bonds. The molecule has 2 heteroatoms. The van der Waals surface area contributed by atoms with Gasteiger partial charge in [0.25, 0.3) is 0 Å². The topological polar surface area (TPSA) is 12.0 Å². The quantitative estimate of drug-likeness (QED) is 0.807. The Kier molecular flexibility index (Phi) is 3.58. The number of benzene rings is 1. The Labute approximate surface area is 139 Å². The normalized spacial score (nSPS) is 39.6. The Morgan fingerprint density at radius 2 is 1.73 bits per heavy atom. The fourth-order valence-electron chi connectivity index (χ4n) is 6.22. The zero-order chi connectivity index (χ0) is 15.4. The van der Waals surface area contributed by atoms with E-state index in [0.29, 0.717) is 16.9 Å². The number of hydrogen-bond donors (Lipinski definition) is 1. The van der Waals surface area contributed by atoms with E-state index in [1.807, 2.05) is 0 Å². The van der Waals surface area contributed by atoms with Crippen LogP contribution in [0.15, 0.2) is 24.3 Å². The van der Waals surface area contributed by atoms with Crippen molar-refractivity contribution >= 4 is 11.6 Å². The van der Waals surface area contributed by atoms with Crippen LogP contribution in [0.1, 0.15) is 57.9 Å². The van der Waals surface area contributed by atoms with Crippen molar-refractivity contribution in [2.75, 3.05) is 6.54 Å². The maximum Gasteiger partial charge on any atom is 0.0406 e. The van der Waals surface area contributed by atoms with E-state index in [0.717, 1.165) is 16.9 Å². The summed E-state index contributed by atoms with van der Waals surface area (Å²) in [5.41, 5.74) is 2.54. The molecule has 2 atom stereocenters. The van der Waals surface area contributed by atoms with Gasteiger partial charge in [-0.25, -0.2) is 0 Å². The van der Waals surface area contributed by atoms with Crippen LogP contribution in [0.3, 0.4) is 0 Å². The molecular formula is C20H28ClN. The number of hydrogen-bond acceptors (Lipinski definition) is 1. The van der Waals surface area contributed by atoms with Gasteiger partial charge >= 0.3 is 0 Å². The first-order chi connectivity index (χ1) is 10.5. The number of rotatable bonds is 4. The second-order valence-electron chi connectivity index (χ2n) is 8.78. The molecule has 0 heterocycles. The minimum absolute atomic E-state index is 0.438. The van der Waals surface area contributed by atoms with Crippen LogP contribution in [0.2, 0.25) is 5.02 Å². The lowest BCUT2D eigenvalue weighted by molar-refractivity contribution is -0.0713. The molecule has 4 saturated carbocycles. The van der Waals surface area contributed by atoms with E-state index >= 15 is 0 Å². The maximum absolute atomic E-state index is 6.12. The monoisotopic (exact) mass is 317 g/mol. The summed E-state index contributed by atoms with van der Waals surface area (Å²) in [5.74, 6) is 1.90. The van der Waals surface area contributed by atoms with Crippen LogP contribution in [0.25, 0.3) is 0 Å². The zero-order valence-electron chi connectivity index (χ0n) is 13.9. The molecule has 0 saturated heterocycles. The molecule has 1 aromatic carbocycles. The molecule has 1 nitrogen and oxygen atoms in total. The standard InChI is InChI=1S/C20H28ClN/c1-14(2)22-13-19-8-15-7-16(9-19)11-20(10-15,12-19)17-3-5-18(21)6-4-17/h3-6,14-16,22H,7-13H2,1-2H3. The van der Waals surface area contributed by atoms with Crippen LogP contribution in [-0.2, 0) is 5.41 Å². The zero-order valence-corrected chi connectivity index (χ0v) is 14.6. The van der Waals surface area contributed by atoms with Crippen LogP contribution in [0, 0.1) is 17.3 Å². The Bertz CT molecular complexity index is 533. The van der Waals surface area contributed by atoms with Gasteiger partial charge in [-0.2, -0.15) is 0 Å². The predicted molar refractivity (Wildman–Crippen MR) is 93.4 cm³/mol. The van der Waals surface area contributed by atoms with Gasteiger partial charge in [0, 0.05) is 17.6 Å². The Balaban J connectivity index is 1.65. The van der Waals surface area contributed by atoms with E-state index in [1.165, 1.54) is 45.1 Å². The first kappa shape index (κ1) is 15.0. The van der Waals surface area contributed by atoms with Gasteiger partial charge in [0.05, 0.1) is 0 Å². The summed E-state index contributed by atoms with van der Waals surface area (Å²) >= 11 is 6.12. The van der Waals surface area contributed by atoms with Gasteiger partial charge in [-0.15, -0.1) is 0 Å². The van der Waals surface area contributed by atoms with Crippen molar-refractivity contribution in [3.05, 3.63) is 34.9 Å². The predicted octanol–water partition coefficient (Wildman–Crippen LogP) is 5.18. The van der Waals surface area contributed by atoms with Crippen molar-refractivity contribution in [3.8, 4) is 0 Å². The van der Waals surface area contributed by atoms with Gasteiger partial charge in [0.1, 0.15) is 0 Å². The number of halogens is 1. The summed E-state index contributed by atoms with van der Waals surface area (Å²) in [4.78, 5) is 0. The highest BCUT2D eigenvalue weighted by molar-refractivity contribution is 6.30. The third-order valence-electron chi connectivity index (χ3n) is 6.52. The van der Waals surface area contributed by atoms with Crippen molar-refractivity contribution in [1.82, 2.24) is 5.32 Å². The minimum Gasteiger partial charge on any atom is -0.314 e. The van der Waals surface area contributed by atoms with Crippen LogP contribution >= 0.6 is 11.6 Å². The summed E-state index contributed by atoms with van der Waals surface area (Å²) in [6.45, 7) is 5.76. The SMILES string of the molecule is CC(C)NCC12CC3CC(C1)CC(c1ccc(Cl)cc1)(C3)C2. The van der Waals surface area contributed by atoms with Gasteiger partial charge < -0.3 is 5.32 Å². The fourth-order valence-corrected chi connectivity index (χ4v) is 6.35. The summed E-state index contributed by atoms with van der Waals surface area (Å²) in [6.07, 6.45) is 8.60. The van der Waals surface area contributed by atoms with E-state index in [4.69, 9.17) is 11.6 Å². The molecule has 0 spiro atoms. The molecule has 0 aromatic heterocycles. The van der Waals surface area contributed by atoms with Gasteiger partial charge in [-0.1, -0.05) is 37.6 Å². The maximum atomic E-state index is 6.12. The Morgan fingerprint density at radius 1 is 1.09 bits per heavy atom. The Hall–Kier alpha value is -0.530. The second-order valence-corrected chi connectivity index (χ2v) is 9.22. The summed E-state index contributed by atoms with van der Waals surface area (Å²) in [5, 5.41) is 4.62. The van der Waals surface area contributed by atoms with E-state index in [9.17, 15) is 0 Å². The highest BCUT2D eigenvalue weighted by Crippen LogP contribution is 2.65. The van der Waals surface area contributed by atoms with Crippen molar-refractivity contribution in [2.45, 2.75) is 63.8 Å². The third kappa shape index (κ3) is 2.51. The molecule has 1 aromatic rings. The van der Waals surface area contributed by atoms with Crippen LogP contribution in [0.4, 0.5) is 0 Å². The van der Waals surface area contributed by atoms with Crippen LogP contribution in [0.5, 0.6) is 0 Å². The summed E-state index contributed by atoms with van der Waals surface area (Å²) < 4.78 is 0. The minimum atomic E-state index is 0.438.